The number of halogens is 4. The van der Waals surface area contributed by atoms with Gasteiger partial charge in [0.05, 0.1) is 24.5 Å². The zero-order valence-corrected chi connectivity index (χ0v) is 19.6. The number of hydrogen-bond donors (Lipinski definition) is 2. The van der Waals surface area contributed by atoms with Gasteiger partial charge in [-0.1, -0.05) is 24.9 Å². The van der Waals surface area contributed by atoms with Gasteiger partial charge in [-0.05, 0) is 55.7 Å². The number of fused-ring (bicyclic) bond motifs is 1. The topological polar surface area (TPSA) is 64.1 Å². The van der Waals surface area contributed by atoms with E-state index in [9.17, 15) is 23.1 Å². The molecule has 1 aromatic heterocycles. The molecule has 1 heterocycles. The quantitative estimate of drug-likeness (QED) is 0.471. The molecule has 1 atom stereocenters. The SMILES string of the molecule is CCCC[NH+](C)Cc1c(O)ccc2c(=O)c(Oc3cc(C)c(Cl)c(C)c3)c(C(F)(F)F)oc12. The lowest BCUT2D eigenvalue weighted by Gasteiger charge is -2.18. The van der Waals surface area contributed by atoms with E-state index in [2.05, 4.69) is 0 Å². The molecule has 33 heavy (non-hydrogen) atoms. The summed E-state index contributed by atoms with van der Waals surface area (Å²) in [6.45, 7) is 6.34. The second-order valence-corrected chi connectivity index (χ2v) is 8.62. The fraction of sp³-hybridized carbons (Fsp3) is 0.375. The maximum atomic E-state index is 13.9. The zero-order valence-electron chi connectivity index (χ0n) is 18.8. The van der Waals surface area contributed by atoms with Crippen molar-refractivity contribution in [2.75, 3.05) is 13.6 Å². The van der Waals surface area contributed by atoms with Crippen molar-refractivity contribution in [3.63, 3.8) is 0 Å². The van der Waals surface area contributed by atoms with Crippen molar-refractivity contribution in [2.45, 2.75) is 46.3 Å². The van der Waals surface area contributed by atoms with Gasteiger partial charge in [0, 0.05) is 5.02 Å². The van der Waals surface area contributed by atoms with Crippen LogP contribution in [0.15, 0.2) is 33.5 Å². The first-order valence-corrected chi connectivity index (χ1v) is 11.0. The van der Waals surface area contributed by atoms with Crippen LogP contribution in [0.4, 0.5) is 13.2 Å². The molecule has 0 saturated heterocycles. The monoisotopic (exact) mass is 484 g/mol. The van der Waals surface area contributed by atoms with Gasteiger partial charge >= 0.3 is 6.18 Å². The normalized spacial score (nSPS) is 12.8. The third kappa shape index (κ3) is 5.28. The summed E-state index contributed by atoms with van der Waals surface area (Å²) < 4.78 is 52.5. The molecule has 0 amide bonds. The number of benzene rings is 2. The van der Waals surface area contributed by atoms with Crippen LogP contribution in [0.5, 0.6) is 17.2 Å². The fourth-order valence-corrected chi connectivity index (χ4v) is 3.80. The molecule has 0 aliphatic rings. The Balaban J connectivity index is 2.20. The largest absolute Gasteiger partial charge is 0.507 e. The average molecular weight is 485 g/mol. The fourth-order valence-electron chi connectivity index (χ4n) is 3.69. The number of phenolic OH excluding ortho intramolecular Hbond substituents is 1. The van der Waals surface area contributed by atoms with Crippen LogP contribution in [0, 0.1) is 13.8 Å². The maximum absolute atomic E-state index is 13.9. The molecule has 2 aromatic carbocycles. The second-order valence-electron chi connectivity index (χ2n) is 8.24. The van der Waals surface area contributed by atoms with Crippen LogP contribution < -0.4 is 15.1 Å². The predicted octanol–water partition coefficient (Wildman–Crippen LogP) is 5.39. The summed E-state index contributed by atoms with van der Waals surface area (Å²) in [4.78, 5) is 14.1. The number of alkyl halides is 3. The lowest BCUT2D eigenvalue weighted by atomic mass is 10.1. The minimum Gasteiger partial charge on any atom is -0.507 e. The molecule has 0 aliphatic carbocycles. The Kier molecular flexibility index (Phi) is 7.29. The van der Waals surface area contributed by atoms with Gasteiger partial charge in [-0.2, -0.15) is 13.2 Å². The number of nitrogens with one attached hydrogen (secondary N) is 1. The van der Waals surface area contributed by atoms with Gasteiger partial charge in [0.15, 0.2) is 5.58 Å². The highest BCUT2D eigenvalue weighted by atomic mass is 35.5. The first kappa shape index (κ1) is 24.9. The van der Waals surface area contributed by atoms with E-state index < -0.39 is 23.1 Å². The van der Waals surface area contributed by atoms with Crippen molar-refractivity contribution >= 4 is 22.6 Å². The third-order valence-corrected chi connectivity index (χ3v) is 6.02. The van der Waals surface area contributed by atoms with Gasteiger partial charge in [0.25, 0.3) is 5.76 Å². The number of hydrogen-bond acceptors (Lipinski definition) is 4. The Labute approximate surface area is 194 Å². The zero-order chi connectivity index (χ0) is 24.5. The number of rotatable bonds is 7. The van der Waals surface area contributed by atoms with E-state index in [0.717, 1.165) is 24.3 Å². The minimum absolute atomic E-state index is 0.0364. The van der Waals surface area contributed by atoms with Gasteiger partial charge in [0.2, 0.25) is 11.2 Å². The van der Waals surface area contributed by atoms with Crippen molar-refractivity contribution in [3.05, 3.63) is 62.0 Å². The molecule has 1 unspecified atom stereocenters. The number of unbranched alkanes of at least 4 members (excludes halogenated alkanes) is 1. The first-order chi connectivity index (χ1) is 15.4. The van der Waals surface area contributed by atoms with E-state index in [1.54, 1.807) is 13.8 Å². The van der Waals surface area contributed by atoms with Crippen molar-refractivity contribution in [3.8, 4) is 17.2 Å². The van der Waals surface area contributed by atoms with Gasteiger partial charge in [0.1, 0.15) is 18.0 Å². The molecule has 5 nitrogen and oxygen atoms in total. The minimum atomic E-state index is -5.00. The van der Waals surface area contributed by atoms with E-state index in [1.807, 2.05) is 14.0 Å². The molecule has 0 saturated carbocycles. The Morgan fingerprint density at radius 2 is 1.82 bits per heavy atom. The van der Waals surface area contributed by atoms with E-state index in [1.165, 1.54) is 24.3 Å². The lowest BCUT2D eigenvalue weighted by molar-refractivity contribution is -0.893. The summed E-state index contributed by atoms with van der Waals surface area (Å²) in [6, 6.07) is 5.43. The molecular weight excluding hydrogens is 459 g/mol. The van der Waals surface area contributed by atoms with Crippen molar-refractivity contribution in [1.82, 2.24) is 0 Å². The van der Waals surface area contributed by atoms with Crippen LogP contribution in [0.2, 0.25) is 5.02 Å². The molecule has 178 valence electrons. The van der Waals surface area contributed by atoms with Crippen molar-refractivity contribution in [2.24, 2.45) is 0 Å². The maximum Gasteiger partial charge on any atom is 0.453 e. The Hall–Kier alpha value is -2.71. The molecule has 0 radical (unpaired) electrons. The van der Waals surface area contributed by atoms with E-state index >= 15 is 0 Å². The smallest absolute Gasteiger partial charge is 0.453 e. The molecule has 3 aromatic rings. The highest BCUT2D eigenvalue weighted by Gasteiger charge is 2.41. The van der Waals surface area contributed by atoms with Crippen LogP contribution in [0.25, 0.3) is 11.0 Å². The van der Waals surface area contributed by atoms with E-state index in [0.29, 0.717) is 16.1 Å². The van der Waals surface area contributed by atoms with Crippen LogP contribution in [0.3, 0.4) is 0 Å². The average Bonchev–Trinajstić information content (AvgIpc) is 2.73. The standard InChI is InChI=1S/C24H25ClF3NO4/c1-5-6-9-29(4)12-17-18(30)8-7-16-20(31)22(23(24(26,27)28)33-21(16)17)32-15-10-13(2)19(25)14(3)11-15/h7-8,10-11,30H,5-6,9,12H2,1-4H3/p+1. The first-order valence-electron chi connectivity index (χ1n) is 10.6. The van der Waals surface area contributed by atoms with Crippen molar-refractivity contribution < 1.29 is 32.3 Å². The highest BCUT2D eigenvalue weighted by molar-refractivity contribution is 6.32. The van der Waals surface area contributed by atoms with Gasteiger partial charge in [-0.25, -0.2) is 0 Å². The van der Waals surface area contributed by atoms with E-state index in [4.69, 9.17) is 20.8 Å². The van der Waals surface area contributed by atoms with E-state index in [-0.39, 0.29) is 34.6 Å². The molecule has 9 heteroatoms. The summed E-state index contributed by atoms with van der Waals surface area (Å²) >= 11 is 6.13. The van der Waals surface area contributed by atoms with Crippen LogP contribution in [-0.4, -0.2) is 18.7 Å². The molecule has 0 spiro atoms. The molecule has 0 aliphatic heterocycles. The number of quaternary nitrogens is 1. The number of phenols is 1. The summed E-state index contributed by atoms with van der Waals surface area (Å²) in [6.07, 6.45) is -3.13. The lowest BCUT2D eigenvalue weighted by Crippen LogP contribution is -3.07. The van der Waals surface area contributed by atoms with Gasteiger partial charge in [-0.3, -0.25) is 4.79 Å². The summed E-state index contributed by atoms with van der Waals surface area (Å²) in [5, 5.41) is 10.7. The molecule has 3 rings (SSSR count). The molecular formula is C24H26ClF3NO4+. The number of ether oxygens (including phenoxy) is 1. The summed E-state index contributed by atoms with van der Waals surface area (Å²) in [7, 11) is 1.86. The number of aryl methyl sites for hydroxylation is 2. The second kappa shape index (κ2) is 9.65. The van der Waals surface area contributed by atoms with Crippen LogP contribution >= 0.6 is 11.6 Å². The van der Waals surface area contributed by atoms with Gasteiger partial charge in [-0.15, -0.1) is 0 Å². The third-order valence-electron chi connectivity index (χ3n) is 5.42. The van der Waals surface area contributed by atoms with Crippen molar-refractivity contribution in [1.29, 1.82) is 0 Å². The van der Waals surface area contributed by atoms with Crippen LogP contribution in [-0.2, 0) is 12.7 Å². The Bertz CT molecular complexity index is 1210. The Morgan fingerprint density at radius 3 is 2.39 bits per heavy atom. The molecule has 2 N–H and O–H groups in total. The van der Waals surface area contributed by atoms with Gasteiger partial charge < -0.3 is 19.2 Å². The Morgan fingerprint density at radius 1 is 1.18 bits per heavy atom. The highest BCUT2D eigenvalue weighted by Crippen LogP contribution is 2.40. The molecule has 0 bridgehead atoms. The summed E-state index contributed by atoms with van der Waals surface area (Å²) in [5.41, 5.74) is 0.0696. The predicted molar refractivity (Wildman–Crippen MR) is 121 cm³/mol. The molecule has 0 fully saturated rings. The van der Waals surface area contributed by atoms with Crippen LogP contribution in [0.1, 0.15) is 42.2 Å². The summed E-state index contributed by atoms with van der Waals surface area (Å²) in [5.74, 6) is -2.70. The number of aromatic hydroxyl groups is 1.